The van der Waals surface area contributed by atoms with Crippen molar-refractivity contribution in [1.82, 2.24) is 26.1 Å². The van der Waals surface area contributed by atoms with Crippen molar-refractivity contribution in [3.63, 3.8) is 0 Å². The maximum atomic E-state index is 6.65. The Morgan fingerprint density at radius 3 is 2.00 bits per heavy atom. The molecule has 9 heteroatoms. The van der Waals surface area contributed by atoms with Crippen molar-refractivity contribution in [3.05, 3.63) is 71.3 Å². The molecule has 0 atom stereocenters. The molecule has 0 fully saturated rings. The molecule has 171 valence electrons. The van der Waals surface area contributed by atoms with Crippen molar-refractivity contribution in [3.8, 4) is 11.1 Å². The van der Waals surface area contributed by atoms with Gasteiger partial charge in [0, 0.05) is 22.9 Å². The minimum Gasteiger partial charge on any atom is -0.399 e. The number of anilines is 4. The topological polar surface area (TPSA) is 192 Å². The molecule has 5 heterocycles. The molecule has 0 aliphatic carbocycles. The molecule has 0 amide bonds. The Labute approximate surface area is 200 Å². The van der Waals surface area contributed by atoms with Gasteiger partial charge in [-0.15, -0.1) is 0 Å². The fourth-order valence-corrected chi connectivity index (χ4v) is 4.24. The quantitative estimate of drug-likeness (QED) is 0.199. The van der Waals surface area contributed by atoms with Crippen molar-refractivity contribution in [1.29, 1.82) is 0 Å². The Balaban J connectivity index is 0.00000253. The predicted octanol–water partition coefficient (Wildman–Crippen LogP) is 4.17. The zero-order valence-electron chi connectivity index (χ0n) is 18.6. The van der Waals surface area contributed by atoms with E-state index >= 15 is 0 Å². The highest BCUT2D eigenvalue weighted by Gasteiger charge is 2.13. The second kappa shape index (κ2) is 8.08. The largest absolute Gasteiger partial charge is 0.399 e. The van der Waals surface area contributed by atoms with Crippen LogP contribution in [0.3, 0.4) is 0 Å². The van der Waals surface area contributed by atoms with Gasteiger partial charge in [-0.05, 0) is 66.3 Å². The van der Waals surface area contributed by atoms with Crippen LogP contribution >= 0.6 is 0 Å². The number of nitrogens with two attached hydrogens (primary N) is 4. The molecular weight excluding hydrogens is 438 g/mol. The van der Waals surface area contributed by atoms with Gasteiger partial charge >= 0.3 is 0 Å². The molecule has 0 spiro atoms. The lowest BCUT2D eigenvalue weighted by Crippen LogP contribution is -1.93. The fourth-order valence-electron chi connectivity index (χ4n) is 4.24. The number of nitrogen functional groups attached to an aromatic ring is 4. The number of hydrogen-bond acceptors (Lipinski definition) is 6. The van der Waals surface area contributed by atoms with Gasteiger partial charge in [-0.25, -0.2) is 9.97 Å². The van der Waals surface area contributed by atoms with Crippen LogP contribution in [0.4, 0.5) is 22.7 Å². The molecule has 0 saturated heterocycles. The highest BCUT2D eigenvalue weighted by atomic mass is 14.8. The first-order chi connectivity index (χ1) is 16.5. The predicted molar refractivity (Wildman–Crippen MR) is 144 cm³/mol. The van der Waals surface area contributed by atoms with Crippen LogP contribution in [0.15, 0.2) is 48.5 Å². The highest BCUT2D eigenvalue weighted by molar-refractivity contribution is 5.97. The maximum absolute atomic E-state index is 6.65. The average molecular weight is 461 g/mol. The van der Waals surface area contributed by atoms with E-state index in [9.17, 15) is 0 Å². The minimum absolute atomic E-state index is 0. The van der Waals surface area contributed by atoms with E-state index < -0.39 is 0 Å². The average Bonchev–Trinajstić information content (AvgIpc) is 3.64. The minimum atomic E-state index is 0. The van der Waals surface area contributed by atoms with Gasteiger partial charge in [0.05, 0.1) is 56.4 Å². The van der Waals surface area contributed by atoms with E-state index in [-0.39, 0.29) is 6.15 Å². The van der Waals surface area contributed by atoms with Crippen LogP contribution < -0.4 is 29.1 Å². The molecular formula is C26H22N9. The van der Waals surface area contributed by atoms with E-state index in [1.54, 1.807) is 0 Å². The normalized spacial score (nSPS) is 12.0. The number of aromatic nitrogens is 4. The molecule has 0 saturated carbocycles. The summed E-state index contributed by atoms with van der Waals surface area (Å²) in [5.74, 6) is 0. The zero-order chi connectivity index (χ0) is 23.4. The van der Waals surface area contributed by atoms with Crippen LogP contribution in [-0.4, -0.2) is 19.9 Å². The summed E-state index contributed by atoms with van der Waals surface area (Å²) in [4.78, 5) is 16.1. The second-order valence-corrected chi connectivity index (χ2v) is 8.28. The van der Waals surface area contributed by atoms with Crippen LogP contribution in [0.2, 0.25) is 0 Å². The Morgan fingerprint density at radius 1 is 0.629 bits per heavy atom. The monoisotopic (exact) mass is 460 g/mol. The molecule has 0 unspecified atom stereocenters. The lowest BCUT2D eigenvalue weighted by molar-refractivity contribution is 1.31. The molecule has 3 aromatic heterocycles. The summed E-state index contributed by atoms with van der Waals surface area (Å²) < 4.78 is 0. The Hall–Kier alpha value is -5.02. The number of fused-ring (bicyclic) bond motifs is 8. The SMILES string of the molecule is Nc1cccc(-c2cc3cc4nc(c(N)c5ccc([nH]5)c(N)c5nc(c(N)c2[nH]3)C=C5)C=C4)c1.[N]. The van der Waals surface area contributed by atoms with E-state index in [1.165, 1.54) is 0 Å². The van der Waals surface area contributed by atoms with Crippen LogP contribution in [-0.2, 0) is 0 Å². The first-order valence-electron chi connectivity index (χ1n) is 10.8. The third-order valence-electron chi connectivity index (χ3n) is 6.00. The van der Waals surface area contributed by atoms with Crippen LogP contribution in [0, 0.1) is 0 Å². The van der Waals surface area contributed by atoms with E-state index in [4.69, 9.17) is 27.9 Å². The zero-order valence-corrected chi connectivity index (χ0v) is 18.6. The van der Waals surface area contributed by atoms with Crippen molar-refractivity contribution < 1.29 is 0 Å². The fraction of sp³-hybridized carbons (Fsp3) is 0. The summed E-state index contributed by atoms with van der Waals surface area (Å²) in [6.45, 7) is 0. The van der Waals surface area contributed by atoms with Crippen LogP contribution in [0.5, 0.6) is 0 Å². The number of hydrogen-bond donors (Lipinski definition) is 6. The maximum Gasteiger partial charge on any atom is 0.0889 e. The summed E-state index contributed by atoms with van der Waals surface area (Å²) in [5, 5.41) is 0. The molecule has 2 aliphatic rings. The van der Waals surface area contributed by atoms with Crippen molar-refractivity contribution >= 4 is 69.1 Å². The number of rotatable bonds is 1. The Bertz CT molecular complexity index is 1700. The van der Waals surface area contributed by atoms with Gasteiger partial charge in [0.2, 0.25) is 0 Å². The van der Waals surface area contributed by atoms with Gasteiger partial charge in [0.15, 0.2) is 0 Å². The van der Waals surface area contributed by atoms with Gasteiger partial charge < -0.3 is 32.9 Å². The summed E-state index contributed by atoms with van der Waals surface area (Å²) >= 11 is 0. The molecule has 10 N–H and O–H groups in total. The highest BCUT2D eigenvalue weighted by Crippen LogP contribution is 2.33. The van der Waals surface area contributed by atoms with E-state index in [2.05, 4.69) is 15.0 Å². The molecule has 6 rings (SSSR count). The van der Waals surface area contributed by atoms with Gasteiger partial charge in [-0.3, -0.25) is 0 Å². The number of nitrogens with zero attached hydrogens (tertiary/aromatic N) is 3. The molecule has 4 aromatic rings. The Morgan fingerprint density at radius 2 is 1.29 bits per heavy atom. The van der Waals surface area contributed by atoms with Gasteiger partial charge in [0.25, 0.3) is 0 Å². The summed E-state index contributed by atoms with van der Waals surface area (Å²) in [6.07, 6.45) is 7.52. The van der Waals surface area contributed by atoms with Crippen LogP contribution in [0.25, 0.3) is 57.5 Å². The van der Waals surface area contributed by atoms with Crippen LogP contribution in [0.1, 0.15) is 22.8 Å². The molecule has 3 radical (unpaired) electrons. The van der Waals surface area contributed by atoms with Gasteiger partial charge in [-0.1, -0.05) is 12.1 Å². The molecule has 1 aromatic carbocycles. The summed E-state index contributed by atoms with van der Waals surface area (Å²) in [6, 6.07) is 15.4. The van der Waals surface area contributed by atoms with E-state index in [0.29, 0.717) is 45.3 Å². The lowest BCUT2D eigenvalue weighted by atomic mass is 10.1. The number of nitrogens with one attached hydrogen (secondary N) is 2. The van der Waals surface area contributed by atoms with Gasteiger partial charge in [0.1, 0.15) is 0 Å². The van der Waals surface area contributed by atoms with E-state index in [1.807, 2.05) is 72.8 Å². The molecule has 35 heavy (non-hydrogen) atoms. The standard InChI is InChI=1S/C26H22N8.N/c27-14-3-1-2-13(10-14)17-12-16-11-15-4-5-18(31-15)23(28)19-6-7-20(33-19)24(29)21-8-9-22(34-21)25(30)26(17)32-16;/h1-12,32-33H,27-30H2;. The van der Waals surface area contributed by atoms with Crippen molar-refractivity contribution in [2.45, 2.75) is 0 Å². The number of benzene rings is 1. The number of H-pyrrole nitrogens is 2. The molecule has 9 nitrogen and oxygen atoms in total. The molecule has 8 bridgehead atoms. The van der Waals surface area contributed by atoms with E-state index in [0.717, 1.165) is 33.4 Å². The first-order valence-corrected chi connectivity index (χ1v) is 10.8. The number of aromatic amines is 2. The molecule has 2 aliphatic heterocycles. The second-order valence-electron chi connectivity index (χ2n) is 8.28. The van der Waals surface area contributed by atoms with Crippen molar-refractivity contribution in [2.75, 3.05) is 22.9 Å². The third kappa shape index (κ3) is 3.65. The third-order valence-corrected chi connectivity index (χ3v) is 6.00. The smallest absolute Gasteiger partial charge is 0.0889 e. The van der Waals surface area contributed by atoms with Crippen molar-refractivity contribution in [2.24, 2.45) is 0 Å². The lowest BCUT2D eigenvalue weighted by Gasteiger charge is -2.03. The summed E-state index contributed by atoms with van der Waals surface area (Å²) in [5.41, 5.74) is 35.3. The van der Waals surface area contributed by atoms with Gasteiger partial charge in [-0.2, -0.15) is 0 Å². The first kappa shape index (κ1) is 21.8. The summed E-state index contributed by atoms with van der Waals surface area (Å²) in [7, 11) is 0. The Kier molecular flexibility index (Phi) is 5.04.